The highest BCUT2D eigenvalue weighted by Crippen LogP contribution is 2.48. The fourth-order valence-corrected chi connectivity index (χ4v) is 4.50. The lowest BCUT2D eigenvalue weighted by Crippen LogP contribution is -2.14. The molecule has 1 aliphatic carbocycles. The van der Waals surface area contributed by atoms with Crippen molar-refractivity contribution in [1.82, 2.24) is 19.1 Å². The van der Waals surface area contributed by atoms with Gasteiger partial charge in [0.25, 0.3) is 5.91 Å². The smallest absolute Gasteiger partial charge is 0.306 e. The molecule has 3 heterocycles. The van der Waals surface area contributed by atoms with E-state index >= 15 is 0 Å². The zero-order chi connectivity index (χ0) is 21.8. The van der Waals surface area contributed by atoms with Gasteiger partial charge in [-0.2, -0.15) is 22.6 Å². The van der Waals surface area contributed by atoms with Crippen LogP contribution in [0.4, 0.5) is 19.0 Å². The molecule has 10 heteroatoms. The third-order valence-corrected chi connectivity index (χ3v) is 6.03. The predicted molar refractivity (Wildman–Crippen MR) is 111 cm³/mol. The minimum absolute atomic E-state index is 0.147. The van der Waals surface area contributed by atoms with Crippen molar-refractivity contribution in [2.24, 2.45) is 7.05 Å². The summed E-state index contributed by atoms with van der Waals surface area (Å²) in [6.07, 6.45) is 0.309. The Hall–Kier alpha value is -3.27. The number of halogens is 3. The van der Waals surface area contributed by atoms with Crippen molar-refractivity contribution in [3.63, 3.8) is 0 Å². The summed E-state index contributed by atoms with van der Waals surface area (Å²) in [5.74, 6) is -0.447. The van der Waals surface area contributed by atoms with Gasteiger partial charge >= 0.3 is 6.18 Å². The lowest BCUT2D eigenvalue weighted by molar-refractivity contribution is -0.137. The molecular formula is C21H16F3N5OS. The monoisotopic (exact) mass is 443 g/mol. The van der Waals surface area contributed by atoms with Crippen molar-refractivity contribution in [3.05, 3.63) is 58.7 Å². The van der Waals surface area contributed by atoms with E-state index in [9.17, 15) is 18.0 Å². The summed E-state index contributed by atoms with van der Waals surface area (Å²) in [6, 6.07) is 7.45. The summed E-state index contributed by atoms with van der Waals surface area (Å²) < 4.78 is 45.2. The van der Waals surface area contributed by atoms with Gasteiger partial charge in [0.1, 0.15) is 10.7 Å². The number of alkyl halides is 3. The van der Waals surface area contributed by atoms with Gasteiger partial charge in [-0.15, -0.1) is 0 Å². The molecule has 1 N–H and O–H groups in total. The van der Waals surface area contributed by atoms with E-state index in [1.54, 1.807) is 4.68 Å². The van der Waals surface area contributed by atoms with E-state index in [1.165, 1.54) is 0 Å². The van der Waals surface area contributed by atoms with Gasteiger partial charge in [0, 0.05) is 36.0 Å². The van der Waals surface area contributed by atoms with E-state index in [4.69, 9.17) is 0 Å². The number of nitrogens with zero attached hydrogens (tertiary/aromatic N) is 4. The van der Waals surface area contributed by atoms with Crippen molar-refractivity contribution in [2.75, 3.05) is 5.32 Å². The van der Waals surface area contributed by atoms with Crippen molar-refractivity contribution in [3.8, 4) is 11.3 Å². The number of rotatable bonds is 4. The first kappa shape index (κ1) is 19.7. The number of carbonyl (C=O) groups is 1. The van der Waals surface area contributed by atoms with Crippen LogP contribution < -0.4 is 5.32 Å². The highest BCUT2D eigenvalue weighted by Gasteiger charge is 2.35. The van der Waals surface area contributed by atoms with Gasteiger partial charge in [-0.3, -0.25) is 9.48 Å². The molecule has 0 saturated heterocycles. The second kappa shape index (κ2) is 7.16. The van der Waals surface area contributed by atoms with Crippen molar-refractivity contribution in [2.45, 2.75) is 24.9 Å². The maximum Gasteiger partial charge on any atom is 0.416 e. The zero-order valence-electron chi connectivity index (χ0n) is 16.3. The normalized spacial score (nSPS) is 14.2. The molecule has 0 bridgehead atoms. The van der Waals surface area contributed by atoms with Gasteiger partial charge < -0.3 is 5.32 Å². The first-order valence-electron chi connectivity index (χ1n) is 9.58. The molecule has 1 aliphatic rings. The SMILES string of the molecule is Cn1cc2c(-c3nsc(C(=O)Nc4cc(C(F)(F)F)ccn4)c3C3CC3)cccc2n1. The molecule has 0 unspecified atom stereocenters. The summed E-state index contributed by atoms with van der Waals surface area (Å²) in [4.78, 5) is 17.2. The Bertz CT molecular complexity index is 1310. The van der Waals surface area contributed by atoms with Crippen LogP contribution in [0.3, 0.4) is 0 Å². The van der Waals surface area contributed by atoms with E-state index < -0.39 is 17.6 Å². The molecule has 0 atom stereocenters. The summed E-state index contributed by atoms with van der Waals surface area (Å²) >= 11 is 1.05. The molecular weight excluding hydrogens is 427 g/mol. The number of benzene rings is 1. The standard InChI is InChI=1S/C21H16F3N5OS/c1-29-10-14-13(3-2-4-15(14)27-29)18-17(11-5-6-11)19(31-28-18)20(30)26-16-9-12(7-8-25-16)21(22,23)24/h2-4,7-11H,5-6H2,1H3,(H,25,26,30). The number of nitrogens with one attached hydrogen (secondary N) is 1. The molecule has 3 aromatic heterocycles. The third kappa shape index (κ3) is 3.67. The van der Waals surface area contributed by atoms with Gasteiger partial charge in [-0.1, -0.05) is 12.1 Å². The van der Waals surface area contributed by atoms with Crippen LogP contribution in [-0.2, 0) is 13.2 Å². The second-order valence-corrected chi connectivity index (χ2v) is 8.24. The van der Waals surface area contributed by atoms with Gasteiger partial charge in [-0.25, -0.2) is 4.98 Å². The van der Waals surface area contributed by atoms with Gasteiger partial charge in [0.15, 0.2) is 0 Å². The number of carbonyl (C=O) groups excluding carboxylic acids is 1. The number of anilines is 1. The predicted octanol–water partition coefficient (Wildman–Crippen LogP) is 5.24. The van der Waals surface area contributed by atoms with Crippen LogP contribution in [0.25, 0.3) is 22.2 Å². The number of hydrogen-bond donors (Lipinski definition) is 1. The molecule has 1 amide bonds. The fourth-order valence-electron chi connectivity index (χ4n) is 3.62. The number of fused-ring (bicyclic) bond motifs is 1. The average Bonchev–Trinajstić information content (AvgIpc) is 3.34. The first-order chi connectivity index (χ1) is 14.8. The molecule has 0 aliphatic heterocycles. The van der Waals surface area contributed by atoms with Crippen molar-refractivity contribution >= 4 is 34.2 Å². The summed E-state index contributed by atoms with van der Waals surface area (Å²) in [5, 5.41) is 7.87. The summed E-state index contributed by atoms with van der Waals surface area (Å²) in [5.41, 5.74) is 2.42. The van der Waals surface area contributed by atoms with Crippen LogP contribution in [0.2, 0.25) is 0 Å². The highest BCUT2D eigenvalue weighted by atomic mass is 32.1. The molecule has 1 fully saturated rings. The first-order valence-corrected chi connectivity index (χ1v) is 10.4. The molecule has 6 nitrogen and oxygen atoms in total. The lowest BCUT2D eigenvalue weighted by atomic mass is 10.00. The van der Waals surface area contributed by atoms with Crippen LogP contribution >= 0.6 is 11.5 Å². The Morgan fingerprint density at radius 1 is 1.26 bits per heavy atom. The minimum Gasteiger partial charge on any atom is -0.306 e. The van der Waals surface area contributed by atoms with E-state index in [0.29, 0.717) is 4.88 Å². The largest absolute Gasteiger partial charge is 0.416 e. The second-order valence-electron chi connectivity index (χ2n) is 7.47. The maximum absolute atomic E-state index is 13.0. The Kier molecular flexibility index (Phi) is 4.54. The van der Waals surface area contributed by atoms with E-state index in [-0.39, 0.29) is 11.7 Å². The van der Waals surface area contributed by atoms with Gasteiger partial charge in [0.2, 0.25) is 0 Å². The Morgan fingerprint density at radius 3 is 2.81 bits per heavy atom. The molecule has 0 spiro atoms. The van der Waals surface area contributed by atoms with Crippen LogP contribution in [0, 0.1) is 0 Å². The van der Waals surface area contributed by atoms with Crippen LogP contribution in [0.15, 0.2) is 42.7 Å². The van der Waals surface area contributed by atoms with Crippen molar-refractivity contribution in [1.29, 1.82) is 0 Å². The topological polar surface area (TPSA) is 72.7 Å². The molecule has 1 aromatic carbocycles. The Balaban J connectivity index is 1.53. The Morgan fingerprint density at radius 2 is 2.06 bits per heavy atom. The average molecular weight is 443 g/mol. The Labute approximate surface area is 178 Å². The fraction of sp³-hybridized carbons (Fsp3) is 0.238. The highest BCUT2D eigenvalue weighted by molar-refractivity contribution is 7.08. The minimum atomic E-state index is -4.51. The summed E-state index contributed by atoms with van der Waals surface area (Å²) in [6.45, 7) is 0. The molecule has 4 aromatic rings. The lowest BCUT2D eigenvalue weighted by Gasteiger charge is -2.09. The number of aryl methyl sites for hydroxylation is 1. The number of pyridine rings is 1. The van der Waals surface area contributed by atoms with E-state index in [1.807, 2.05) is 31.4 Å². The number of amides is 1. The van der Waals surface area contributed by atoms with Gasteiger partial charge in [0.05, 0.1) is 16.8 Å². The molecule has 31 heavy (non-hydrogen) atoms. The number of aromatic nitrogens is 4. The van der Waals surface area contributed by atoms with E-state index in [0.717, 1.165) is 70.4 Å². The van der Waals surface area contributed by atoms with Crippen LogP contribution in [-0.4, -0.2) is 25.0 Å². The number of hydrogen-bond acceptors (Lipinski definition) is 5. The molecule has 158 valence electrons. The molecule has 5 rings (SSSR count). The van der Waals surface area contributed by atoms with E-state index in [2.05, 4.69) is 19.8 Å². The molecule has 1 saturated carbocycles. The quantitative estimate of drug-likeness (QED) is 0.468. The maximum atomic E-state index is 13.0. The third-order valence-electron chi connectivity index (χ3n) is 5.17. The molecule has 0 radical (unpaired) electrons. The van der Waals surface area contributed by atoms with Crippen LogP contribution in [0.1, 0.15) is 39.6 Å². The summed E-state index contributed by atoms with van der Waals surface area (Å²) in [7, 11) is 1.84. The van der Waals surface area contributed by atoms with Crippen molar-refractivity contribution < 1.29 is 18.0 Å². The van der Waals surface area contributed by atoms with Gasteiger partial charge in [-0.05, 0) is 48.5 Å². The van der Waals surface area contributed by atoms with Crippen LogP contribution in [0.5, 0.6) is 0 Å². The zero-order valence-corrected chi connectivity index (χ0v) is 17.1.